The standard InChI is InChI=1S/C27H33N4OP/c1-5-33(32,18(2)3)21-16-14-20(15-17-21)28-26-24-25(22-12-8-9-13-23(22)29-26)31(4)27(30-24)19-10-6-7-11-19/h8-9,12-19H,5-7,10-11H2,1-4H3,(H,28,29). The molecule has 0 bridgehead atoms. The highest BCUT2D eigenvalue weighted by Crippen LogP contribution is 2.49. The number of pyridine rings is 1. The van der Waals surface area contributed by atoms with E-state index >= 15 is 0 Å². The maximum atomic E-state index is 13.4. The predicted molar refractivity (Wildman–Crippen MR) is 140 cm³/mol. The van der Waals surface area contributed by atoms with E-state index in [4.69, 9.17) is 9.97 Å². The van der Waals surface area contributed by atoms with Crippen molar-refractivity contribution in [1.82, 2.24) is 14.5 Å². The number of aryl methyl sites for hydroxylation is 1. The summed E-state index contributed by atoms with van der Waals surface area (Å²) in [7, 11) is -0.232. The van der Waals surface area contributed by atoms with Crippen molar-refractivity contribution in [3.63, 3.8) is 0 Å². The van der Waals surface area contributed by atoms with Gasteiger partial charge in [-0.25, -0.2) is 9.97 Å². The second kappa shape index (κ2) is 8.61. The van der Waals surface area contributed by atoms with Gasteiger partial charge in [-0.05, 0) is 43.2 Å². The van der Waals surface area contributed by atoms with Crippen LogP contribution in [0.2, 0.25) is 0 Å². The molecule has 1 aliphatic rings. The van der Waals surface area contributed by atoms with Gasteiger partial charge in [-0.2, -0.15) is 0 Å². The van der Waals surface area contributed by atoms with Crippen LogP contribution in [0.5, 0.6) is 0 Å². The van der Waals surface area contributed by atoms with Crippen molar-refractivity contribution in [3.05, 3.63) is 54.4 Å². The van der Waals surface area contributed by atoms with Crippen molar-refractivity contribution < 1.29 is 4.57 Å². The molecular weight excluding hydrogens is 427 g/mol. The Kier molecular flexibility index (Phi) is 5.78. The van der Waals surface area contributed by atoms with E-state index in [9.17, 15) is 4.57 Å². The number of fused-ring (bicyclic) bond motifs is 3. The molecule has 0 radical (unpaired) electrons. The number of rotatable bonds is 6. The molecule has 4 aromatic rings. The van der Waals surface area contributed by atoms with E-state index in [1.165, 1.54) is 31.5 Å². The molecule has 0 spiro atoms. The summed E-state index contributed by atoms with van der Waals surface area (Å²) in [6, 6.07) is 16.3. The van der Waals surface area contributed by atoms with Crippen LogP contribution in [0, 0.1) is 0 Å². The normalized spacial score (nSPS) is 16.6. The molecule has 172 valence electrons. The Morgan fingerprint density at radius 3 is 2.42 bits per heavy atom. The molecule has 0 aliphatic heterocycles. The summed E-state index contributed by atoms with van der Waals surface area (Å²) in [4.78, 5) is 10.1. The summed E-state index contributed by atoms with van der Waals surface area (Å²) < 4.78 is 15.7. The van der Waals surface area contributed by atoms with E-state index in [0.29, 0.717) is 12.1 Å². The van der Waals surface area contributed by atoms with Crippen LogP contribution in [0.15, 0.2) is 48.5 Å². The van der Waals surface area contributed by atoms with Crippen LogP contribution in [0.1, 0.15) is 58.2 Å². The van der Waals surface area contributed by atoms with Gasteiger partial charge in [0.2, 0.25) is 0 Å². The molecule has 1 fully saturated rings. The summed E-state index contributed by atoms with van der Waals surface area (Å²) in [6.07, 6.45) is 5.66. The molecule has 1 N–H and O–H groups in total. The van der Waals surface area contributed by atoms with E-state index in [1.54, 1.807) is 0 Å². The summed E-state index contributed by atoms with van der Waals surface area (Å²) in [5.41, 5.74) is 4.09. The van der Waals surface area contributed by atoms with Gasteiger partial charge in [0.25, 0.3) is 0 Å². The number of nitrogens with zero attached hydrogens (tertiary/aromatic N) is 3. The molecular formula is C27H33N4OP. The Morgan fingerprint density at radius 1 is 1.06 bits per heavy atom. The van der Waals surface area contributed by atoms with Crippen molar-refractivity contribution >= 4 is 45.9 Å². The molecule has 1 aliphatic carbocycles. The van der Waals surface area contributed by atoms with Crippen molar-refractivity contribution in [2.24, 2.45) is 7.05 Å². The van der Waals surface area contributed by atoms with Crippen molar-refractivity contribution in [2.45, 2.75) is 58.0 Å². The summed E-state index contributed by atoms with van der Waals surface area (Å²) in [5, 5.41) is 5.60. The largest absolute Gasteiger partial charge is 0.338 e. The van der Waals surface area contributed by atoms with Crippen LogP contribution in [-0.2, 0) is 11.6 Å². The quantitative estimate of drug-likeness (QED) is 0.317. The van der Waals surface area contributed by atoms with Crippen LogP contribution < -0.4 is 10.6 Å². The van der Waals surface area contributed by atoms with Gasteiger partial charge in [0.1, 0.15) is 18.5 Å². The smallest absolute Gasteiger partial charge is 0.159 e. The van der Waals surface area contributed by atoms with Gasteiger partial charge in [0, 0.05) is 41.2 Å². The Labute approximate surface area is 196 Å². The molecule has 1 saturated carbocycles. The highest BCUT2D eigenvalue weighted by atomic mass is 31.2. The zero-order valence-electron chi connectivity index (χ0n) is 20.0. The van der Waals surface area contributed by atoms with Gasteiger partial charge in [-0.1, -0.05) is 51.8 Å². The summed E-state index contributed by atoms with van der Waals surface area (Å²) in [5.74, 6) is 2.46. The molecule has 6 heteroatoms. The van der Waals surface area contributed by atoms with E-state index in [1.807, 2.05) is 37.3 Å². The zero-order chi connectivity index (χ0) is 23.2. The first-order valence-corrected chi connectivity index (χ1v) is 14.1. The molecule has 33 heavy (non-hydrogen) atoms. The first-order chi connectivity index (χ1) is 15.9. The van der Waals surface area contributed by atoms with Gasteiger partial charge in [0.05, 0.1) is 11.0 Å². The second-order valence-corrected chi connectivity index (χ2v) is 13.3. The third kappa shape index (κ3) is 3.77. The number of anilines is 2. The minimum atomic E-state index is -2.37. The van der Waals surface area contributed by atoms with Crippen LogP contribution >= 0.6 is 7.14 Å². The molecule has 0 amide bonds. The fourth-order valence-corrected chi connectivity index (χ4v) is 7.70. The van der Waals surface area contributed by atoms with Crippen LogP contribution in [0.3, 0.4) is 0 Å². The lowest BCUT2D eigenvalue weighted by Gasteiger charge is -2.21. The van der Waals surface area contributed by atoms with Crippen molar-refractivity contribution in [2.75, 3.05) is 11.5 Å². The second-order valence-electron chi connectivity index (χ2n) is 9.56. The van der Waals surface area contributed by atoms with E-state index < -0.39 is 7.14 Å². The minimum absolute atomic E-state index is 0.144. The molecule has 0 saturated heterocycles. The van der Waals surface area contributed by atoms with Gasteiger partial charge in [0.15, 0.2) is 5.82 Å². The third-order valence-electron chi connectivity index (χ3n) is 7.34. The molecule has 5 rings (SSSR count). The van der Waals surface area contributed by atoms with Gasteiger partial charge in [-0.15, -0.1) is 0 Å². The maximum Gasteiger partial charge on any atom is 0.159 e. The summed E-state index contributed by atoms with van der Waals surface area (Å²) >= 11 is 0. The van der Waals surface area contributed by atoms with E-state index in [0.717, 1.165) is 38.7 Å². The average Bonchev–Trinajstić information content (AvgIpc) is 3.47. The minimum Gasteiger partial charge on any atom is -0.338 e. The van der Waals surface area contributed by atoms with Crippen LogP contribution in [0.25, 0.3) is 21.9 Å². The number of imidazole rings is 1. The monoisotopic (exact) mass is 460 g/mol. The fraction of sp³-hybridized carbons (Fsp3) is 0.407. The molecule has 2 aromatic carbocycles. The molecule has 5 nitrogen and oxygen atoms in total. The Bertz CT molecular complexity index is 1350. The summed E-state index contributed by atoms with van der Waals surface area (Å²) in [6.45, 7) is 6.12. The number of hydrogen-bond donors (Lipinski definition) is 1. The molecule has 2 aromatic heterocycles. The number of aromatic nitrogens is 3. The topological polar surface area (TPSA) is 59.8 Å². The van der Waals surface area contributed by atoms with Crippen molar-refractivity contribution in [3.8, 4) is 0 Å². The number of benzene rings is 2. The Hall–Kier alpha value is -2.65. The highest BCUT2D eigenvalue weighted by Gasteiger charge is 2.27. The number of hydrogen-bond acceptors (Lipinski definition) is 4. The molecule has 1 atom stereocenters. The first-order valence-electron chi connectivity index (χ1n) is 12.1. The Morgan fingerprint density at radius 2 is 1.76 bits per heavy atom. The lowest BCUT2D eigenvalue weighted by molar-refractivity contribution is 0.576. The van der Waals surface area contributed by atoms with Gasteiger partial charge in [-0.3, -0.25) is 0 Å². The van der Waals surface area contributed by atoms with Crippen molar-refractivity contribution in [1.29, 1.82) is 0 Å². The van der Waals surface area contributed by atoms with Gasteiger partial charge < -0.3 is 14.4 Å². The Balaban J connectivity index is 1.59. The van der Waals surface area contributed by atoms with E-state index in [-0.39, 0.29) is 5.66 Å². The van der Waals surface area contributed by atoms with E-state index in [2.05, 4.69) is 49.0 Å². The zero-order valence-corrected chi connectivity index (χ0v) is 20.9. The van der Waals surface area contributed by atoms with Crippen LogP contribution in [-0.4, -0.2) is 26.4 Å². The molecule has 1 unspecified atom stereocenters. The lowest BCUT2D eigenvalue weighted by Crippen LogP contribution is -2.14. The fourth-order valence-electron chi connectivity index (χ4n) is 5.35. The first kappa shape index (κ1) is 22.2. The maximum absolute atomic E-state index is 13.4. The predicted octanol–water partition coefficient (Wildman–Crippen LogP) is 6.94. The van der Waals surface area contributed by atoms with Crippen LogP contribution in [0.4, 0.5) is 11.5 Å². The van der Waals surface area contributed by atoms with Gasteiger partial charge >= 0.3 is 0 Å². The number of para-hydroxylation sites is 1. The highest BCUT2D eigenvalue weighted by molar-refractivity contribution is 7.72. The SMILES string of the molecule is CCP(=O)(c1ccc(Nc2nc3ccccc3c3c2nc(C2CCCC2)n3C)cc1)C(C)C. The lowest BCUT2D eigenvalue weighted by atomic mass is 10.1. The number of nitrogens with one attached hydrogen (secondary N) is 1. The third-order valence-corrected chi connectivity index (χ3v) is 11.1. The average molecular weight is 461 g/mol. The molecule has 2 heterocycles.